The van der Waals surface area contributed by atoms with Crippen molar-refractivity contribution in [2.75, 3.05) is 26.2 Å². The summed E-state index contributed by atoms with van der Waals surface area (Å²) in [6.07, 6.45) is 5.57. The minimum absolute atomic E-state index is 0.0178. The second-order valence-corrected chi connectivity index (χ2v) is 11.6. The first-order valence-corrected chi connectivity index (χ1v) is 14.1. The number of β-amino-alcohol motifs (C(OH)–C–C–N with tert-alkyl or cyclic N) is 1. The van der Waals surface area contributed by atoms with Gasteiger partial charge in [0, 0.05) is 11.6 Å². The lowest BCUT2D eigenvalue weighted by Crippen LogP contribution is -2.55. The third kappa shape index (κ3) is 5.47. The van der Waals surface area contributed by atoms with Gasteiger partial charge in [0.2, 0.25) is 5.91 Å². The summed E-state index contributed by atoms with van der Waals surface area (Å²) < 4.78 is 5.45. The van der Waals surface area contributed by atoms with E-state index in [0.717, 1.165) is 58.0 Å². The fourth-order valence-electron chi connectivity index (χ4n) is 6.76. The molecule has 8 nitrogen and oxygen atoms in total. The van der Waals surface area contributed by atoms with E-state index in [0.29, 0.717) is 17.5 Å². The van der Waals surface area contributed by atoms with Crippen LogP contribution in [0.1, 0.15) is 80.6 Å². The second kappa shape index (κ2) is 11.2. The summed E-state index contributed by atoms with van der Waals surface area (Å²) >= 11 is 0. The smallest absolute Gasteiger partial charge is 0.251 e. The number of amides is 2. The zero-order chi connectivity index (χ0) is 26.1. The molecule has 4 aliphatic rings. The van der Waals surface area contributed by atoms with E-state index in [4.69, 9.17) is 4.74 Å². The molecule has 1 saturated carbocycles. The molecular weight excluding hydrogens is 470 g/mol. The van der Waals surface area contributed by atoms with Crippen LogP contribution in [-0.2, 0) is 14.3 Å². The standard InChI is InChI=1S/C29H41N3O5/c1-18(2)31-14-12-20(13-15-31)19-8-10-22(11-9-19)28(35)30-25(21-6-4-3-5-7-21)29(36)32-16-23(33)27-26(32)24(34)17-37-27/h8-11,18,20-21,23,25-27,33H,3-7,12-17H2,1-2H3,(H,30,35)/t23-,25-,26+,27+/m0/s1. The lowest BCUT2D eigenvalue weighted by atomic mass is 9.83. The summed E-state index contributed by atoms with van der Waals surface area (Å²) in [5.41, 5.74) is 1.80. The van der Waals surface area contributed by atoms with Gasteiger partial charge in [0.05, 0.1) is 6.54 Å². The average molecular weight is 512 g/mol. The molecule has 1 aromatic carbocycles. The van der Waals surface area contributed by atoms with Crippen LogP contribution in [0.3, 0.4) is 0 Å². The number of piperidine rings is 1. The highest BCUT2D eigenvalue weighted by Gasteiger charge is 2.53. The zero-order valence-electron chi connectivity index (χ0n) is 22.1. The molecule has 0 unspecified atom stereocenters. The number of Topliss-reactive ketones (excluding diaryl/α,β-unsaturated/α-hetero) is 1. The summed E-state index contributed by atoms with van der Waals surface area (Å²) in [5.74, 6) is -0.207. The van der Waals surface area contributed by atoms with E-state index in [1.165, 1.54) is 10.5 Å². The molecule has 37 heavy (non-hydrogen) atoms. The van der Waals surface area contributed by atoms with E-state index >= 15 is 0 Å². The zero-order valence-corrected chi connectivity index (χ0v) is 22.1. The summed E-state index contributed by atoms with van der Waals surface area (Å²) in [7, 11) is 0. The summed E-state index contributed by atoms with van der Waals surface area (Å²) in [6.45, 7) is 6.64. The van der Waals surface area contributed by atoms with Crippen LogP contribution in [0.5, 0.6) is 0 Å². The highest BCUT2D eigenvalue weighted by molar-refractivity contribution is 5.99. The van der Waals surface area contributed by atoms with Crippen LogP contribution in [0, 0.1) is 5.92 Å². The molecular formula is C29H41N3O5. The minimum atomic E-state index is -0.886. The van der Waals surface area contributed by atoms with Crippen LogP contribution in [0.25, 0.3) is 0 Å². The molecule has 0 spiro atoms. The average Bonchev–Trinajstić information content (AvgIpc) is 3.47. The number of nitrogens with zero attached hydrogens (tertiary/aromatic N) is 2. The molecule has 0 radical (unpaired) electrons. The number of fused-ring (bicyclic) bond motifs is 1. The van der Waals surface area contributed by atoms with Crippen molar-refractivity contribution >= 4 is 17.6 Å². The number of aliphatic hydroxyl groups is 1. The molecule has 2 amide bonds. The van der Waals surface area contributed by atoms with Gasteiger partial charge in [-0.05, 0) is 82.2 Å². The molecule has 1 aliphatic carbocycles. The Bertz CT molecular complexity index is 982. The maximum Gasteiger partial charge on any atom is 0.251 e. The van der Waals surface area contributed by atoms with Crippen molar-refractivity contribution in [2.45, 2.75) is 95.0 Å². The van der Waals surface area contributed by atoms with Gasteiger partial charge < -0.3 is 25.0 Å². The number of ether oxygens (including phenoxy) is 1. The molecule has 202 valence electrons. The molecule has 0 bridgehead atoms. The summed E-state index contributed by atoms with van der Waals surface area (Å²) in [5, 5.41) is 13.4. The normalized spacial score (nSPS) is 28.5. The molecule has 3 heterocycles. The highest BCUT2D eigenvalue weighted by atomic mass is 16.5. The number of benzene rings is 1. The molecule has 4 fully saturated rings. The Morgan fingerprint density at radius 2 is 1.70 bits per heavy atom. The van der Waals surface area contributed by atoms with Gasteiger partial charge in [0.1, 0.15) is 30.9 Å². The van der Waals surface area contributed by atoms with Crippen molar-refractivity contribution in [3.05, 3.63) is 35.4 Å². The number of rotatable bonds is 6. The van der Waals surface area contributed by atoms with Crippen LogP contribution in [0.15, 0.2) is 24.3 Å². The monoisotopic (exact) mass is 511 g/mol. The molecule has 2 N–H and O–H groups in total. The Balaban J connectivity index is 1.28. The molecule has 8 heteroatoms. The molecule has 5 rings (SSSR count). The first-order valence-electron chi connectivity index (χ1n) is 14.1. The number of ketones is 1. The minimum Gasteiger partial charge on any atom is -0.388 e. The largest absolute Gasteiger partial charge is 0.388 e. The number of hydrogen-bond acceptors (Lipinski definition) is 6. The van der Waals surface area contributed by atoms with Crippen LogP contribution >= 0.6 is 0 Å². The SMILES string of the molecule is CC(C)N1CCC(c2ccc(C(=O)N[C@H](C(=O)N3C[C@H](O)[C@H]4OCC(=O)[C@H]43)C3CCCCC3)cc2)CC1. The van der Waals surface area contributed by atoms with Gasteiger partial charge in [-0.25, -0.2) is 0 Å². The van der Waals surface area contributed by atoms with Crippen LogP contribution < -0.4 is 5.32 Å². The maximum atomic E-state index is 13.8. The predicted molar refractivity (Wildman–Crippen MR) is 139 cm³/mol. The molecule has 3 aliphatic heterocycles. The van der Waals surface area contributed by atoms with E-state index < -0.39 is 24.3 Å². The van der Waals surface area contributed by atoms with Crippen molar-refractivity contribution in [2.24, 2.45) is 5.92 Å². The van der Waals surface area contributed by atoms with Crippen molar-refractivity contribution in [1.29, 1.82) is 0 Å². The number of hydrogen-bond donors (Lipinski definition) is 2. The molecule has 1 aromatic rings. The van der Waals surface area contributed by atoms with Gasteiger partial charge in [0.15, 0.2) is 5.78 Å². The van der Waals surface area contributed by atoms with Gasteiger partial charge in [-0.2, -0.15) is 0 Å². The van der Waals surface area contributed by atoms with E-state index in [1.54, 1.807) is 0 Å². The highest BCUT2D eigenvalue weighted by Crippen LogP contribution is 2.33. The van der Waals surface area contributed by atoms with Crippen molar-refractivity contribution in [3.8, 4) is 0 Å². The Morgan fingerprint density at radius 1 is 1.03 bits per heavy atom. The quantitative estimate of drug-likeness (QED) is 0.609. The maximum absolute atomic E-state index is 13.8. The van der Waals surface area contributed by atoms with Gasteiger partial charge in [0.25, 0.3) is 5.91 Å². The fraction of sp³-hybridized carbons (Fsp3) is 0.690. The number of aliphatic hydroxyl groups excluding tert-OH is 1. The predicted octanol–water partition coefficient (Wildman–Crippen LogP) is 2.49. The Kier molecular flexibility index (Phi) is 7.98. The Morgan fingerprint density at radius 3 is 2.35 bits per heavy atom. The van der Waals surface area contributed by atoms with Crippen molar-refractivity contribution in [3.63, 3.8) is 0 Å². The van der Waals surface area contributed by atoms with Gasteiger partial charge in [-0.15, -0.1) is 0 Å². The first-order chi connectivity index (χ1) is 17.8. The van der Waals surface area contributed by atoms with Gasteiger partial charge >= 0.3 is 0 Å². The van der Waals surface area contributed by atoms with Crippen LogP contribution in [0.2, 0.25) is 0 Å². The van der Waals surface area contributed by atoms with Crippen LogP contribution in [-0.4, -0.2) is 89.1 Å². The molecule has 3 saturated heterocycles. The molecule has 4 atom stereocenters. The number of carbonyl (C=O) groups excluding carboxylic acids is 3. The molecule has 0 aromatic heterocycles. The van der Waals surface area contributed by atoms with Crippen molar-refractivity contribution in [1.82, 2.24) is 15.1 Å². The van der Waals surface area contributed by atoms with Gasteiger partial charge in [-0.3, -0.25) is 14.4 Å². The Labute approximate surface area is 219 Å². The number of nitrogens with one attached hydrogen (secondary N) is 1. The third-order valence-corrected chi connectivity index (χ3v) is 9.02. The topological polar surface area (TPSA) is 99.2 Å². The number of carbonyl (C=O) groups is 3. The lowest BCUT2D eigenvalue weighted by molar-refractivity contribution is -0.139. The summed E-state index contributed by atoms with van der Waals surface area (Å²) in [6, 6.07) is 6.94. The van der Waals surface area contributed by atoms with E-state index in [9.17, 15) is 19.5 Å². The lowest BCUT2D eigenvalue weighted by Gasteiger charge is -2.35. The van der Waals surface area contributed by atoms with E-state index in [2.05, 4.69) is 36.2 Å². The summed E-state index contributed by atoms with van der Waals surface area (Å²) in [4.78, 5) is 43.5. The first kappa shape index (κ1) is 26.3. The second-order valence-electron chi connectivity index (χ2n) is 11.6. The van der Waals surface area contributed by atoms with Gasteiger partial charge in [-0.1, -0.05) is 31.4 Å². The fourth-order valence-corrected chi connectivity index (χ4v) is 6.76. The van der Waals surface area contributed by atoms with E-state index in [1.807, 2.05) is 12.1 Å². The van der Waals surface area contributed by atoms with Crippen LogP contribution in [0.4, 0.5) is 0 Å². The Hall–Kier alpha value is -2.29. The third-order valence-electron chi connectivity index (χ3n) is 9.02. The number of likely N-dealkylation sites (tertiary alicyclic amines) is 2. The van der Waals surface area contributed by atoms with E-state index in [-0.39, 0.29) is 36.7 Å². The van der Waals surface area contributed by atoms with Crippen molar-refractivity contribution < 1.29 is 24.2 Å².